The summed E-state index contributed by atoms with van der Waals surface area (Å²) in [4.78, 5) is 59.4. The molecule has 0 bridgehead atoms. The van der Waals surface area contributed by atoms with Crippen LogP contribution in [0.1, 0.15) is 31.2 Å². The number of hydrogen-bond acceptors (Lipinski definition) is 7. The molecule has 4 unspecified atom stereocenters. The van der Waals surface area contributed by atoms with E-state index in [1.165, 1.54) is 4.90 Å². The van der Waals surface area contributed by atoms with Crippen molar-refractivity contribution in [3.05, 3.63) is 36.0 Å². The number of aliphatic imine (C=N–C) groups is 1. The van der Waals surface area contributed by atoms with Gasteiger partial charge in [-0.3, -0.25) is 19.4 Å². The molecule has 1 fully saturated rings. The summed E-state index contributed by atoms with van der Waals surface area (Å²) in [5.41, 5.74) is 17.9. The molecule has 39 heavy (non-hydrogen) atoms. The highest BCUT2D eigenvalue weighted by molar-refractivity contribution is 5.95. The molecule has 14 nitrogen and oxygen atoms in total. The number of amides is 3. The van der Waals surface area contributed by atoms with Gasteiger partial charge >= 0.3 is 5.97 Å². The van der Waals surface area contributed by atoms with Crippen molar-refractivity contribution in [1.82, 2.24) is 20.5 Å². The molecule has 0 saturated carbocycles. The van der Waals surface area contributed by atoms with Crippen LogP contribution in [0.15, 0.2) is 35.5 Å². The largest absolute Gasteiger partial charge is 0.480 e. The molecule has 2 heterocycles. The lowest BCUT2D eigenvalue weighted by atomic mass is 10.0. The smallest absolute Gasteiger partial charge is 0.326 e. The summed E-state index contributed by atoms with van der Waals surface area (Å²) in [6, 6.07) is 3.04. The van der Waals surface area contributed by atoms with E-state index in [4.69, 9.17) is 17.2 Å². The number of guanidine groups is 1. The van der Waals surface area contributed by atoms with E-state index in [0.29, 0.717) is 25.8 Å². The Labute approximate surface area is 225 Å². The van der Waals surface area contributed by atoms with Crippen LogP contribution in [0.5, 0.6) is 0 Å². The van der Waals surface area contributed by atoms with Gasteiger partial charge in [-0.05, 0) is 37.3 Å². The number of para-hydroxylation sites is 1. The van der Waals surface area contributed by atoms with Crippen molar-refractivity contribution in [2.24, 2.45) is 22.2 Å². The number of nitrogens with one attached hydrogen (secondary N) is 3. The van der Waals surface area contributed by atoms with E-state index in [1.807, 2.05) is 24.3 Å². The Morgan fingerprint density at radius 2 is 1.90 bits per heavy atom. The number of nitrogens with two attached hydrogens (primary N) is 3. The molecule has 4 atom stereocenters. The predicted molar refractivity (Wildman–Crippen MR) is 143 cm³/mol. The zero-order valence-electron chi connectivity index (χ0n) is 21.5. The average molecular weight is 545 g/mol. The van der Waals surface area contributed by atoms with Crippen molar-refractivity contribution in [1.29, 1.82) is 0 Å². The Balaban J connectivity index is 1.80. The van der Waals surface area contributed by atoms with E-state index in [1.54, 1.807) is 6.20 Å². The molecule has 0 radical (unpaired) electrons. The fourth-order valence-corrected chi connectivity index (χ4v) is 4.63. The van der Waals surface area contributed by atoms with Gasteiger partial charge in [0.05, 0.1) is 6.61 Å². The molecule has 0 aliphatic carbocycles. The van der Waals surface area contributed by atoms with Crippen LogP contribution in [0.2, 0.25) is 0 Å². The van der Waals surface area contributed by atoms with Crippen LogP contribution in [0.3, 0.4) is 0 Å². The third kappa shape index (κ3) is 7.67. The SMILES string of the molecule is NC(N)=NCCCC(NC(=O)C(Cc1c[nH]c2ccccc12)NC(=O)C1CCCN1C(=O)C(N)CO)C(=O)O. The number of likely N-dealkylation sites (tertiary alicyclic amines) is 1. The standard InChI is InChI=1S/C25H36N8O6/c26-16(13-34)23(37)33-10-4-8-20(33)22(36)32-19(11-14-12-30-17-6-2-1-5-15(14)17)21(35)31-18(24(38)39)7-3-9-29-25(27)28/h1-2,5-6,12,16,18-20,30,34H,3-4,7-11,13,26H2,(H,31,35)(H,32,36)(H,38,39)(H4,27,28,29). The normalized spacial score (nSPS) is 17.3. The second-order valence-electron chi connectivity index (χ2n) is 9.45. The number of aromatic nitrogens is 1. The lowest BCUT2D eigenvalue weighted by Crippen LogP contribution is -2.57. The topological polar surface area (TPSA) is 242 Å². The lowest BCUT2D eigenvalue weighted by Gasteiger charge is -2.28. The summed E-state index contributed by atoms with van der Waals surface area (Å²) < 4.78 is 0. The summed E-state index contributed by atoms with van der Waals surface area (Å²) in [5.74, 6) is -3.17. The number of aromatic amines is 1. The van der Waals surface area contributed by atoms with Crippen molar-refractivity contribution in [2.75, 3.05) is 19.7 Å². The number of aliphatic hydroxyl groups excluding tert-OH is 1. The minimum absolute atomic E-state index is 0.0650. The van der Waals surface area contributed by atoms with Crippen molar-refractivity contribution >= 4 is 40.6 Å². The highest BCUT2D eigenvalue weighted by Crippen LogP contribution is 2.21. The van der Waals surface area contributed by atoms with Crippen LogP contribution < -0.4 is 27.8 Å². The number of nitrogens with zero attached hydrogens (tertiary/aromatic N) is 2. The molecule has 1 aliphatic rings. The Morgan fingerprint density at radius 3 is 2.59 bits per heavy atom. The van der Waals surface area contributed by atoms with Gasteiger partial charge in [-0.25, -0.2) is 4.79 Å². The second kappa shape index (κ2) is 13.6. The molecule has 11 N–H and O–H groups in total. The monoisotopic (exact) mass is 544 g/mol. The molecule has 212 valence electrons. The van der Waals surface area contributed by atoms with Gasteiger partial charge in [-0.15, -0.1) is 0 Å². The summed E-state index contributed by atoms with van der Waals surface area (Å²) >= 11 is 0. The van der Waals surface area contributed by atoms with E-state index in [-0.39, 0.29) is 25.3 Å². The Kier molecular flexibility index (Phi) is 10.2. The molecule has 14 heteroatoms. The molecular formula is C25H36N8O6. The number of carbonyl (C=O) groups excluding carboxylic acids is 3. The number of aliphatic carboxylic acids is 1. The molecule has 1 aromatic heterocycles. The van der Waals surface area contributed by atoms with Crippen molar-refractivity contribution < 1.29 is 29.4 Å². The van der Waals surface area contributed by atoms with E-state index < -0.39 is 54.5 Å². The number of fused-ring (bicyclic) bond motifs is 1. The number of carboxylic acids is 1. The number of rotatable bonds is 13. The predicted octanol–water partition coefficient (Wildman–Crippen LogP) is -1.87. The van der Waals surface area contributed by atoms with Gasteiger partial charge in [0.25, 0.3) is 0 Å². The van der Waals surface area contributed by atoms with E-state index >= 15 is 0 Å². The first-order valence-corrected chi connectivity index (χ1v) is 12.7. The molecule has 1 saturated heterocycles. The fraction of sp³-hybridized carbons (Fsp3) is 0.480. The molecule has 1 aliphatic heterocycles. The second-order valence-corrected chi connectivity index (χ2v) is 9.45. The minimum Gasteiger partial charge on any atom is -0.480 e. The number of hydrogen-bond donors (Lipinski definition) is 8. The van der Waals surface area contributed by atoms with Crippen LogP contribution in [0, 0.1) is 0 Å². The van der Waals surface area contributed by atoms with Crippen LogP contribution in [-0.4, -0.2) is 93.6 Å². The lowest BCUT2D eigenvalue weighted by molar-refractivity contribution is -0.143. The van der Waals surface area contributed by atoms with Crippen LogP contribution in [-0.2, 0) is 25.6 Å². The van der Waals surface area contributed by atoms with Gasteiger partial charge in [0.1, 0.15) is 24.2 Å². The maximum atomic E-state index is 13.4. The van der Waals surface area contributed by atoms with Crippen LogP contribution >= 0.6 is 0 Å². The average Bonchev–Trinajstić information content (AvgIpc) is 3.56. The number of H-pyrrole nitrogens is 1. The molecule has 3 rings (SSSR count). The van der Waals surface area contributed by atoms with Crippen LogP contribution in [0.4, 0.5) is 0 Å². The van der Waals surface area contributed by atoms with E-state index in [2.05, 4.69) is 20.6 Å². The number of carboxylic acid groups (broad SMARTS) is 1. The van der Waals surface area contributed by atoms with Crippen molar-refractivity contribution in [3.63, 3.8) is 0 Å². The summed E-state index contributed by atoms with van der Waals surface area (Å²) in [7, 11) is 0. The van der Waals surface area contributed by atoms with Gasteiger partial charge in [0, 0.05) is 36.6 Å². The Bertz CT molecular complexity index is 1210. The van der Waals surface area contributed by atoms with Crippen molar-refractivity contribution in [3.8, 4) is 0 Å². The van der Waals surface area contributed by atoms with Gasteiger partial charge in [-0.2, -0.15) is 0 Å². The van der Waals surface area contributed by atoms with Crippen molar-refractivity contribution in [2.45, 2.75) is 56.3 Å². The first-order valence-electron chi connectivity index (χ1n) is 12.7. The summed E-state index contributed by atoms with van der Waals surface area (Å²) in [6.07, 6.45) is 3.08. The van der Waals surface area contributed by atoms with Gasteiger partial charge in [0.15, 0.2) is 5.96 Å². The quantitative estimate of drug-likeness (QED) is 0.0798. The maximum absolute atomic E-state index is 13.4. The van der Waals surface area contributed by atoms with Gasteiger partial charge in [0.2, 0.25) is 17.7 Å². The molecule has 0 spiro atoms. The summed E-state index contributed by atoms with van der Waals surface area (Å²) in [6.45, 7) is -0.0746. The van der Waals surface area contributed by atoms with E-state index in [0.717, 1.165) is 16.5 Å². The molecule has 2 aromatic rings. The highest BCUT2D eigenvalue weighted by Gasteiger charge is 2.38. The van der Waals surface area contributed by atoms with Gasteiger partial charge < -0.3 is 47.9 Å². The third-order valence-corrected chi connectivity index (χ3v) is 6.64. The minimum atomic E-state index is -1.24. The molecular weight excluding hydrogens is 508 g/mol. The first kappa shape index (κ1) is 29.4. The maximum Gasteiger partial charge on any atom is 0.326 e. The molecule has 3 amide bonds. The number of benzene rings is 1. The number of aliphatic hydroxyl groups is 1. The Morgan fingerprint density at radius 1 is 1.15 bits per heavy atom. The zero-order chi connectivity index (χ0) is 28.5. The number of carbonyl (C=O) groups is 4. The third-order valence-electron chi connectivity index (χ3n) is 6.64. The zero-order valence-corrected chi connectivity index (χ0v) is 21.5. The Hall–Kier alpha value is -4.17. The highest BCUT2D eigenvalue weighted by atomic mass is 16.4. The first-order chi connectivity index (χ1) is 18.6. The van der Waals surface area contributed by atoms with Crippen LogP contribution in [0.25, 0.3) is 10.9 Å². The van der Waals surface area contributed by atoms with E-state index in [9.17, 15) is 29.4 Å². The summed E-state index contributed by atoms with van der Waals surface area (Å²) in [5, 5.41) is 25.0. The fourth-order valence-electron chi connectivity index (χ4n) is 4.63. The van der Waals surface area contributed by atoms with Gasteiger partial charge in [-0.1, -0.05) is 18.2 Å². The molecule has 1 aromatic carbocycles.